The van der Waals surface area contributed by atoms with Crippen LogP contribution in [0.5, 0.6) is 5.75 Å². The van der Waals surface area contributed by atoms with Crippen LogP contribution in [0.3, 0.4) is 0 Å². The number of furan rings is 1. The molecule has 3 aromatic rings. The number of non-ortho nitro benzene ring substituents is 1. The van der Waals surface area contributed by atoms with Crippen molar-refractivity contribution in [3.63, 3.8) is 0 Å². The number of nitrogens with zero attached hydrogens (tertiary/aromatic N) is 2. The van der Waals surface area contributed by atoms with Crippen LogP contribution in [0.15, 0.2) is 46.9 Å². The first-order chi connectivity index (χ1) is 16.1. The summed E-state index contributed by atoms with van der Waals surface area (Å²) in [5, 5.41) is 11.8. The fourth-order valence-corrected chi connectivity index (χ4v) is 4.33. The highest BCUT2D eigenvalue weighted by atomic mass is 16.6. The molecular formula is C26H30N2O5. The van der Waals surface area contributed by atoms with Crippen LogP contribution in [0.25, 0.3) is 11.0 Å². The van der Waals surface area contributed by atoms with E-state index in [2.05, 4.69) is 11.8 Å². The van der Waals surface area contributed by atoms with E-state index in [1.165, 1.54) is 31.4 Å². The normalized spacial score (nSPS) is 14.5. The number of unbranched alkanes of at least 4 members (excludes halogenated alkanes) is 1. The summed E-state index contributed by atoms with van der Waals surface area (Å²) in [6.07, 6.45) is 6.25. The molecule has 1 aromatic heterocycles. The number of hydrogen-bond donors (Lipinski definition) is 0. The molecule has 2 aromatic carbocycles. The van der Waals surface area contributed by atoms with Crippen LogP contribution in [0.2, 0.25) is 0 Å². The summed E-state index contributed by atoms with van der Waals surface area (Å²) in [4.78, 5) is 26.7. The van der Waals surface area contributed by atoms with E-state index in [1.54, 1.807) is 30.3 Å². The third-order valence-corrected chi connectivity index (χ3v) is 6.18. The smallest absolute Gasteiger partial charge is 0.270 e. The molecule has 0 amide bonds. The molecule has 0 aliphatic carbocycles. The number of likely N-dealkylation sites (tertiary alicyclic amines) is 1. The van der Waals surface area contributed by atoms with E-state index < -0.39 is 4.92 Å². The Kier molecular flexibility index (Phi) is 7.40. The summed E-state index contributed by atoms with van der Waals surface area (Å²) in [6.45, 7) is 5.85. The van der Waals surface area contributed by atoms with E-state index in [1.807, 2.05) is 0 Å². The van der Waals surface area contributed by atoms with Gasteiger partial charge in [-0.3, -0.25) is 19.8 Å². The van der Waals surface area contributed by atoms with Gasteiger partial charge in [0, 0.05) is 36.0 Å². The minimum absolute atomic E-state index is 0.0585. The Hall–Kier alpha value is -3.19. The van der Waals surface area contributed by atoms with E-state index in [-0.39, 0.29) is 11.5 Å². The van der Waals surface area contributed by atoms with Gasteiger partial charge in [0.1, 0.15) is 23.7 Å². The Morgan fingerprint density at radius 3 is 2.58 bits per heavy atom. The lowest BCUT2D eigenvalue weighted by Crippen LogP contribution is -2.33. The summed E-state index contributed by atoms with van der Waals surface area (Å²) in [7, 11) is 0. The van der Waals surface area contributed by atoms with Crippen molar-refractivity contribution < 1.29 is 18.9 Å². The van der Waals surface area contributed by atoms with Crippen LogP contribution in [0, 0.1) is 10.1 Å². The summed E-state index contributed by atoms with van der Waals surface area (Å²) >= 11 is 0. The summed E-state index contributed by atoms with van der Waals surface area (Å²) in [5.74, 6) is 1.11. The Balaban J connectivity index is 1.52. The Morgan fingerprint density at radius 1 is 1.12 bits per heavy atom. The van der Waals surface area contributed by atoms with Crippen molar-refractivity contribution in [2.24, 2.45) is 0 Å². The fraction of sp³-hybridized carbons (Fsp3) is 0.423. The third kappa shape index (κ3) is 5.42. The van der Waals surface area contributed by atoms with Gasteiger partial charge in [-0.1, -0.05) is 19.8 Å². The molecular weight excluding hydrogens is 420 g/mol. The van der Waals surface area contributed by atoms with Crippen LogP contribution in [0.1, 0.15) is 60.7 Å². The molecule has 0 radical (unpaired) electrons. The van der Waals surface area contributed by atoms with E-state index in [4.69, 9.17) is 9.15 Å². The van der Waals surface area contributed by atoms with E-state index in [0.717, 1.165) is 38.2 Å². The van der Waals surface area contributed by atoms with Gasteiger partial charge in [-0.25, -0.2) is 0 Å². The van der Waals surface area contributed by atoms with Gasteiger partial charge in [0.2, 0.25) is 0 Å². The zero-order valence-electron chi connectivity index (χ0n) is 19.0. The van der Waals surface area contributed by atoms with Gasteiger partial charge in [-0.15, -0.1) is 0 Å². The van der Waals surface area contributed by atoms with Crippen molar-refractivity contribution in [1.82, 2.24) is 4.90 Å². The Bertz CT molecular complexity index is 1110. The zero-order valence-corrected chi connectivity index (χ0v) is 19.0. The largest absolute Gasteiger partial charge is 0.492 e. The van der Waals surface area contributed by atoms with Crippen molar-refractivity contribution in [3.8, 4) is 5.75 Å². The van der Waals surface area contributed by atoms with Gasteiger partial charge >= 0.3 is 0 Å². The maximum atomic E-state index is 13.4. The molecule has 1 aliphatic rings. The average molecular weight is 451 g/mol. The van der Waals surface area contributed by atoms with Gasteiger partial charge in [-0.2, -0.15) is 0 Å². The monoisotopic (exact) mass is 450 g/mol. The van der Waals surface area contributed by atoms with Crippen LogP contribution < -0.4 is 4.74 Å². The molecule has 33 heavy (non-hydrogen) atoms. The molecule has 7 nitrogen and oxygen atoms in total. The number of ether oxygens (including phenoxy) is 1. The summed E-state index contributed by atoms with van der Waals surface area (Å²) in [6, 6.07) is 11.5. The van der Waals surface area contributed by atoms with Gasteiger partial charge in [0.25, 0.3) is 5.69 Å². The van der Waals surface area contributed by atoms with Gasteiger partial charge in [0.05, 0.1) is 10.5 Å². The number of nitro groups is 1. The first kappa shape index (κ1) is 23.0. The minimum Gasteiger partial charge on any atom is -0.492 e. The summed E-state index contributed by atoms with van der Waals surface area (Å²) < 4.78 is 11.8. The number of carbonyl (C=O) groups excluding carboxylic acids is 1. The van der Waals surface area contributed by atoms with Crippen molar-refractivity contribution >= 4 is 22.4 Å². The highest BCUT2D eigenvalue weighted by molar-refractivity contribution is 6.17. The molecule has 0 bridgehead atoms. The zero-order chi connectivity index (χ0) is 23.2. The number of fused-ring (bicyclic) bond motifs is 1. The van der Waals surface area contributed by atoms with Crippen molar-refractivity contribution in [1.29, 1.82) is 0 Å². The molecule has 0 N–H and O–H groups in total. The number of piperidine rings is 1. The quantitative estimate of drug-likeness (QED) is 0.221. The lowest BCUT2D eigenvalue weighted by atomic mass is 9.98. The molecule has 0 unspecified atom stereocenters. The summed E-state index contributed by atoms with van der Waals surface area (Å²) in [5.41, 5.74) is 1.36. The Labute approximate surface area is 193 Å². The molecule has 1 saturated heterocycles. The maximum absolute atomic E-state index is 13.4. The van der Waals surface area contributed by atoms with Crippen molar-refractivity contribution in [2.45, 2.75) is 45.4 Å². The molecule has 174 valence electrons. The SMILES string of the molecule is CCCCc1oc2ccc([N+](=O)[O-])cc2c1C(=O)c1ccc(OCCN2CCCCC2)cc1. The second kappa shape index (κ2) is 10.6. The topological polar surface area (TPSA) is 85.8 Å². The standard InChI is InChI=1S/C26H30N2O5/c1-2-3-7-24-25(22-18-20(28(30)31)10-13-23(22)33-24)26(29)19-8-11-21(12-9-19)32-17-16-27-14-5-4-6-15-27/h8-13,18H,2-7,14-17H2,1H3. The second-order valence-corrected chi connectivity index (χ2v) is 8.55. The predicted molar refractivity (Wildman–Crippen MR) is 127 cm³/mol. The molecule has 0 saturated carbocycles. The van der Waals surface area contributed by atoms with Crippen LogP contribution in [-0.2, 0) is 6.42 Å². The number of rotatable bonds is 10. The molecule has 0 spiro atoms. The number of ketones is 1. The van der Waals surface area contributed by atoms with Crippen LogP contribution >= 0.6 is 0 Å². The Morgan fingerprint density at radius 2 is 1.88 bits per heavy atom. The van der Waals surface area contributed by atoms with Crippen molar-refractivity contribution in [2.75, 3.05) is 26.2 Å². The highest BCUT2D eigenvalue weighted by Crippen LogP contribution is 2.32. The third-order valence-electron chi connectivity index (χ3n) is 6.18. The van der Waals surface area contributed by atoms with E-state index >= 15 is 0 Å². The van der Waals surface area contributed by atoms with Gasteiger partial charge in [-0.05, 0) is 62.7 Å². The number of aryl methyl sites for hydroxylation is 1. The molecule has 7 heteroatoms. The molecule has 1 fully saturated rings. The molecule has 1 aliphatic heterocycles. The number of benzene rings is 2. The minimum atomic E-state index is -0.456. The van der Waals surface area contributed by atoms with E-state index in [9.17, 15) is 14.9 Å². The predicted octanol–water partition coefficient (Wildman–Crippen LogP) is 5.78. The van der Waals surface area contributed by atoms with Gasteiger partial charge in [0.15, 0.2) is 5.78 Å². The molecule has 0 atom stereocenters. The fourth-order valence-electron chi connectivity index (χ4n) is 4.33. The number of carbonyl (C=O) groups is 1. The highest BCUT2D eigenvalue weighted by Gasteiger charge is 2.23. The lowest BCUT2D eigenvalue weighted by Gasteiger charge is -2.26. The average Bonchev–Trinajstić information content (AvgIpc) is 3.21. The molecule has 2 heterocycles. The number of hydrogen-bond acceptors (Lipinski definition) is 6. The van der Waals surface area contributed by atoms with Crippen molar-refractivity contribution in [3.05, 3.63) is 69.5 Å². The van der Waals surface area contributed by atoms with Crippen LogP contribution in [-0.4, -0.2) is 41.8 Å². The first-order valence-electron chi connectivity index (χ1n) is 11.8. The first-order valence-corrected chi connectivity index (χ1v) is 11.8. The maximum Gasteiger partial charge on any atom is 0.270 e. The second-order valence-electron chi connectivity index (χ2n) is 8.55. The molecule has 4 rings (SSSR count). The number of nitro benzene ring substituents is 1. The van der Waals surface area contributed by atoms with E-state index in [0.29, 0.717) is 40.9 Å². The lowest BCUT2D eigenvalue weighted by molar-refractivity contribution is -0.384. The van der Waals surface area contributed by atoms with Gasteiger partial charge < -0.3 is 9.15 Å². The van der Waals surface area contributed by atoms with Crippen LogP contribution in [0.4, 0.5) is 5.69 Å².